The fourth-order valence-electron chi connectivity index (χ4n) is 3.85. The Labute approximate surface area is 176 Å². The lowest BCUT2D eigenvalue weighted by atomic mass is 9.96. The van der Waals surface area contributed by atoms with Crippen LogP contribution in [0.1, 0.15) is 42.9 Å². The first-order valence-corrected chi connectivity index (χ1v) is 11.0. The Morgan fingerprint density at radius 3 is 2.45 bits per heavy atom. The first-order valence-electron chi connectivity index (χ1n) is 10.1. The lowest BCUT2D eigenvalue weighted by Gasteiger charge is -2.31. The van der Waals surface area contributed by atoms with Crippen molar-refractivity contribution in [2.45, 2.75) is 43.8 Å². The molecule has 1 saturated carbocycles. The number of rotatable bonds is 8. The molecule has 0 spiro atoms. The van der Waals surface area contributed by atoms with E-state index in [1.54, 1.807) is 11.3 Å². The number of urea groups is 1. The minimum Gasteiger partial charge on any atom is -0.352 e. The highest BCUT2D eigenvalue weighted by Crippen LogP contribution is 2.30. The maximum absolute atomic E-state index is 13.1. The van der Waals surface area contributed by atoms with Crippen molar-refractivity contribution in [2.24, 2.45) is 0 Å². The number of likely N-dealkylation sites (N-methyl/N-ethyl adjacent to an activating group) is 1. The summed E-state index contributed by atoms with van der Waals surface area (Å²) >= 11 is 1.65. The summed E-state index contributed by atoms with van der Waals surface area (Å²) in [7, 11) is 4.02. The maximum Gasteiger partial charge on any atom is 0.315 e. The fourth-order valence-corrected chi connectivity index (χ4v) is 4.56. The Balaban J connectivity index is 1.58. The third-order valence-electron chi connectivity index (χ3n) is 5.55. The second-order valence-electron chi connectivity index (χ2n) is 7.83. The van der Waals surface area contributed by atoms with E-state index in [1.807, 2.05) is 49.8 Å². The highest BCUT2D eigenvalue weighted by Gasteiger charge is 2.42. The average Bonchev–Trinajstić information content (AvgIpc) is 3.40. The number of benzene rings is 1. The van der Waals surface area contributed by atoms with Gasteiger partial charge in [0, 0.05) is 13.1 Å². The minimum absolute atomic E-state index is 0.0908. The summed E-state index contributed by atoms with van der Waals surface area (Å²) in [5, 5.41) is 13.1. The van der Waals surface area contributed by atoms with Crippen LogP contribution in [-0.4, -0.2) is 43.0 Å². The first kappa shape index (κ1) is 21.3. The Hall–Kier alpha value is -2.38. The van der Waals surface area contributed by atoms with Gasteiger partial charge in [-0.1, -0.05) is 43.2 Å². The van der Waals surface area contributed by atoms with E-state index in [1.165, 1.54) is 5.56 Å². The molecule has 1 atom stereocenters. The summed E-state index contributed by atoms with van der Waals surface area (Å²) in [5.74, 6) is -0.0908. The van der Waals surface area contributed by atoms with Gasteiger partial charge >= 0.3 is 6.03 Å². The fraction of sp³-hybridized carbons (Fsp3) is 0.455. The molecule has 1 heterocycles. The molecule has 1 aromatic heterocycles. The zero-order valence-electron chi connectivity index (χ0n) is 17.1. The van der Waals surface area contributed by atoms with E-state index in [-0.39, 0.29) is 18.0 Å². The first-order chi connectivity index (χ1) is 14.0. The van der Waals surface area contributed by atoms with Crippen LogP contribution in [0.25, 0.3) is 0 Å². The van der Waals surface area contributed by atoms with E-state index >= 15 is 0 Å². The number of nitrogens with zero attached hydrogens (tertiary/aromatic N) is 1. The molecule has 1 aromatic carbocycles. The lowest BCUT2D eigenvalue weighted by Crippen LogP contribution is -2.59. The van der Waals surface area contributed by atoms with Gasteiger partial charge in [0.05, 0.1) is 6.04 Å². The van der Waals surface area contributed by atoms with Crippen molar-refractivity contribution >= 4 is 23.3 Å². The number of hydrogen-bond acceptors (Lipinski definition) is 4. The van der Waals surface area contributed by atoms with Gasteiger partial charge in [0.15, 0.2) is 0 Å². The number of amides is 3. The number of carbonyl (C=O) groups excluding carboxylic acids is 2. The molecule has 1 aliphatic rings. The molecule has 1 aliphatic carbocycles. The second-order valence-corrected chi connectivity index (χ2v) is 8.61. The third kappa shape index (κ3) is 5.58. The summed E-state index contributed by atoms with van der Waals surface area (Å²) in [5.41, 5.74) is 1.39. The molecular weight excluding hydrogens is 384 g/mol. The highest BCUT2D eigenvalue weighted by molar-refractivity contribution is 7.07. The molecular formula is C22H30N4O2S. The Morgan fingerprint density at radius 2 is 1.83 bits per heavy atom. The van der Waals surface area contributed by atoms with E-state index in [4.69, 9.17) is 0 Å². The summed E-state index contributed by atoms with van der Waals surface area (Å²) < 4.78 is 0. The third-order valence-corrected chi connectivity index (χ3v) is 6.25. The van der Waals surface area contributed by atoms with Gasteiger partial charge in [0.25, 0.3) is 0 Å². The van der Waals surface area contributed by atoms with Crippen molar-refractivity contribution in [3.05, 3.63) is 58.3 Å². The molecule has 3 amide bonds. The average molecular weight is 415 g/mol. The van der Waals surface area contributed by atoms with E-state index in [2.05, 4.69) is 32.3 Å². The van der Waals surface area contributed by atoms with Gasteiger partial charge < -0.3 is 20.9 Å². The molecule has 1 unspecified atom stereocenters. The van der Waals surface area contributed by atoms with Crippen LogP contribution in [0.5, 0.6) is 0 Å². The normalized spacial score (nSPS) is 16.4. The van der Waals surface area contributed by atoms with Gasteiger partial charge in [0.2, 0.25) is 5.91 Å². The van der Waals surface area contributed by atoms with Gasteiger partial charge in [-0.2, -0.15) is 11.3 Å². The van der Waals surface area contributed by atoms with Gasteiger partial charge in [-0.05, 0) is 54.9 Å². The highest BCUT2D eigenvalue weighted by atomic mass is 32.1. The molecule has 1 fully saturated rings. The molecule has 29 heavy (non-hydrogen) atoms. The molecule has 3 rings (SSSR count). The molecule has 0 saturated heterocycles. The standard InChI is InChI=1S/C22H30N4O2S/c1-26(2)19(18-10-13-29-16-18)15-23-20(27)22(11-6-7-12-22)25-21(28)24-14-17-8-4-3-5-9-17/h3-5,8-10,13,16,19H,6-7,11-12,14-15H2,1-2H3,(H,23,27)(H2,24,25,28). The number of hydrogen-bond donors (Lipinski definition) is 3. The number of nitrogens with one attached hydrogen (secondary N) is 3. The molecule has 7 heteroatoms. The molecule has 0 bridgehead atoms. The van der Waals surface area contributed by atoms with Crippen molar-refractivity contribution in [2.75, 3.05) is 20.6 Å². The summed E-state index contributed by atoms with van der Waals surface area (Å²) in [6, 6.07) is 11.6. The largest absolute Gasteiger partial charge is 0.352 e. The van der Waals surface area contributed by atoms with Crippen molar-refractivity contribution in [1.82, 2.24) is 20.9 Å². The Morgan fingerprint density at radius 1 is 1.10 bits per heavy atom. The van der Waals surface area contributed by atoms with Gasteiger partial charge in [0.1, 0.15) is 5.54 Å². The van der Waals surface area contributed by atoms with E-state index in [9.17, 15) is 9.59 Å². The Kier molecular flexibility index (Phi) is 7.28. The lowest BCUT2D eigenvalue weighted by molar-refractivity contribution is -0.127. The zero-order chi connectivity index (χ0) is 20.7. The van der Waals surface area contributed by atoms with Crippen molar-refractivity contribution < 1.29 is 9.59 Å². The van der Waals surface area contributed by atoms with E-state index < -0.39 is 5.54 Å². The molecule has 0 aliphatic heterocycles. The number of thiophene rings is 1. The second kappa shape index (κ2) is 9.89. The van der Waals surface area contributed by atoms with E-state index in [0.717, 1.165) is 18.4 Å². The van der Waals surface area contributed by atoms with Gasteiger partial charge in [-0.3, -0.25) is 4.79 Å². The van der Waals surface area contributed by atoms with Crippen molar-refractivity contribution in [3.63, 3.8) is 0 Å². The monoisotopic (exact) mass is 414 g/mol. The number of carbonyl (C=O) groups is 2. The Bertz CT molecular complexity index is 786. The van der Waals surface area contributed by atoms with Crippen molar-refractivity contribution in [1.29, 1.82) is 0 Å². The minimum atomic E-state index is -0.827. The maximum atomic E-state index is 13.1. The van der Waals surface area contributed by atoms with Crippen LogP contribution in [0.15, 0.2) is 47.2 Å². The van der Waals surface area contributed by atoms with Crippen LogP contribution in [0.4, 0.5) is 4.79 Å². The predicted molar refractivity (Wildman–Crippen MR) is 117 cm³/mol. The van der Waals surface area contributed by atoms with Gasteiger partial charge in [-0.25, -0.2) is 4.79 Å². The molecule has 2 aromatic rings. The quantitative estimate of drug-likeness (QED) is 0.621. The van der Waals surface area contributed by atoms with Crippen LogP contribution >= 0.6 is 11.3 Å². The summed E-state index contributed by atoms with van der Waals surface area (Å²) in [4.78, 5) is 27.7. The topological polar surface area (TPSA) is 73.5 Å². The molecule has 156 valence electrons. The SMILES string of the molecule is CN(C)C(CNC(=O)C1(NC(=O)NCc2ccccc2)CCCC1)c1ccsc1. The summed E-state index contributed by atoms with van der Waals surface area (Å²) in [6.07, 6.45) is 3.22. The predicted octanol–water partition coefficient (Wildman–Crippen LogP) is 3.28. The van der Waals surface area contributed by atoms with E-state index in [0.29, 0.717) is 25.9 Å². The van der Waals surface area contributed by atoms with Crippen LogP contribution in [0, 0.1) is 0 Å². The van der Waals surface area contributed by atoms with Crippen molar-refractivity contribution in [3.8, 4) is 0 Å². The summed E-state index contributed by atoms with van der Waals surface area (Å²) in [6.45, 7) is 0.947. The molecule has 0 radical (unpaired) electrons. The van der Waals surface area contributed by atoms with Gasteiger partial charge in [-0.15, -0.1) is 0 Å². The van der Waals surface area contributed by atoms with Crippen LogP contribution in [0.3, 0.4) is 0 Å². The zero-order valence-corrected chi connectivity index (χ0v) is 17.9. The molecule has 6 nitrogen and oxygen atoms in total. The van der Waals surface area contributed by atoms with Crippen LogP contribution in [-0.2, 0) is 11.3 Å². The molecule has 3 N–H and O–H groups in total. The van der Waals surface area contributed by atoms with Crippen LogP contribution < -0.4 is 16.0 Å². The van der Waals surface area contributed by atoms with Crippen LogP contribution in [0.2, 0.25) is 0 Å². The smallest absolute Gasteiger partial charge is 0.315 e.